The molecule has 1 fully saturated rings. The number of likely N-dealkylation sites (N-methyl/N-ethyl adjacent to an activating group) is 1. The summed E-state index contributed by atoms with van der Waals surface area (Å²) in [4.78, 5) is 6.17. The van der Waals surface area contributed by atoms with Crippen LogP contribution in [0.15, 0.2) is 71.9 Å². The zero-order valence-corrected chi connectivity index (χ0v) is 19.4. The molecule has 0 unspecified atom stereocenters. The molecule has 0 saturated carbocycles. The smallest absolute Gasteiger partial charge is 0.243 e. The summed E-state index contributed by atoms with van der Waals surface area (Å²) in [6, 6.07) is 13.7. The number of aliphatic hydroxyl groups excluding tert-OH is 1. The van der Waals surface area contributed by atoms with Crippen molar-refractivity contribution in [2.75, 3.05) is 25.1 Å². The Labute approximate surface area is 198 Å². The van der Waals surface area contributed by atoms with Crippen LogP contribution in [0.25, 0.3) is 0 Å². The molecule has 3 heterocycles. The molecule has 34 heavy (non-hydrogen) atoms. The fourth-order valence-corrected chi connectivity index (χ4v) is 6.75. The first-order valence-electron chi connectivity index (χ1n) is 11.1. The van der Waals surface area contributed by atoms with Crippen molar-refractivity contribution in [1.82, 2.24) is 9.29 Å². The number of hydrogen-bond donors (Lipinski definition) is 1. The molecule has 1 aromatic heterocycles. The van der Waals surface area contributed by atoms with Crippen LogP contribution in [-0.2, 0) is 10.0 Å². The summed E-state index contributed by atoms with van der Waals surface area (Å²) in [5, 5.41) is 10.2. The average Bonchev–Trinajstić information content (AvgIpc) is 3.30. The number of fused-ring (bicyclic) bond motifs is 3. The number of aromatic nitrogens is 1. The number of sulfonamides is 1. The lowest BCUT2D eigenvalue weighted by Crippen LogP contribution is -2.48. The van der Waals surface area contributed by atoms with Crippen molar-refractivity contribution in [2.45, 2.75) is 23.4 Å². The molecule has 0 aliphatic carbocycles. The number of halogens is 1. The summed E-state index contributed by atoms with van der Waals surface area (Å²) in [5.74, 6) is 5.68. The minimum absolute atomic E-state index is 0.0584. The van der Waals surface area contributed by atoms with E-state index in [0.29, 0.717) is 13.0 Å². The first-order valence-corrected chi connectivity index (χ1v) is 12.5. The second-order valence-electron chi connectivity index (χ2n) is 8.59. The van der Waals surface area contributed by atoms with Crippen LogP contribution in [0.3, 0.4) is 0 Å². The molecule has 6 nitrogen and oxygen atoms in total. The quantitative estimate of drug-likeness (QED) is 0.587. The third-order valence-electron chi connectivity index (χ3n) is 6.74. The van der Waals surface area contributed by atoms with E-state index in [1.165, 1.54) is 16.4 Å². The molecule has 0 bridgehead atoms. The maximum absolute atomic E-state index is 13.6. The lowest BCUT2D eigenvalue weighted by molar-refractivity contribution is 0.193. The van der Waals surface area contributed by atoms with Crippen molar-refractivity contribution in [1.29, 1.82) is 0 Å². The van der Waals surface area contributed by atoms with E-state index in [0.717, 1.165) is 34.5 Å². The summed E-state index contributed by atoms with van der Waals surface area (Å²) in [6.07, 6.45) is 3.99. The van der Waals surface area contributed by atoms with E-state index in [4.69, 9.17) is 0 Å². The molecule has 2 aliphatic heterocycles. The van der Waals surface area contributed by atoms with Gasteiger partial charge in [0.2, 0.25) is 10.0 Å². The average molecular weight is 478 g/mol. The van der Waals surface area contributed by atoms with Gasteiger partial charge in [0.15, 0.2) is 0 Å². The number of hydrogen-bond acceptors (Lipinski definition) is 5. The lowest BCUT2D eigenvalue weighted by atomic mass is 9.82. The Kier molecular flexibility index (Phi) is 5.86. The van der Waals surface area contributed by atoms with Gasteiger partial charge in [0.25, 0.3) is 0 Å². The van der Waals surface area contributed by atoms with Crippen LogP contribution >= 0.6 is 0 Å². The van der Waals surface area contributed by atoms with Gasteiger partial charge in [-0.1, -0.05) is 11.8 Å². The normalized spacial score (nSPS) is 22.0. The summed E-state index contributed by atoms with van der Waals surface area (Å²) in [7, 11) is -1.94. The van der Waals surface area contributed by atoms with E-state index in [1.54, 1.807) is 12.4 Å². The first kappa shape index (κ1) is 22.5. The number of rotatable bonds is 3. The molecule has 1 saturated heterocycles. The highest BCUT2D eigenvalue weighted by molar-refractivity contribution is 7.89. The summed E-state index contributed by atoms with van der Waals surface area (Å²) in [6.45, 7) is 0.245. The molecule has 3 atom stereocenters. The van der Waals surface area contributed by atoms with Gasteiger partial charge in [0.1, 0.15) is 5.82 Å². The third kappa shape index (κ3) is 3.86. The molecule has 2 aliphatic rings. The maximum Gasteiger partial charge on any atom is 0.243 e. The zero-order chi connectivity index (χ0) is 23.9. The molecule has 0 spiro atoms. The van der Waals surface area contributed by atoms with Crippen molar-refractivity contribution in [2.24, 2.45) is 5.92 Å². The van der Waals surface area contributed by atoms with Crippen molar-refractivity contribution in [3.8, 4) is 11.8 Å². The molecule has 174 valence electrons. The van der Waals surface area contributed by atoms with Crippen LogP contribution in [0.5, 0.6) is 0 Å². The van der Waals surface area contributed by atoms with Crippen molar-refractivity contribution in [3.05, 3.63) is 89.5 Å². The highest BCUT2D eigenvalue weighted by Gasteiger charge is 2.50. The van der Waals surface area contributed by atoms with Gasteiger partial charge in [-0.25, -0.2) is 12.8 Å². The molecule has 2 aromatic carbocycles. The molecule has 5 rings (SSSR count). The van der Waals surface area contributed by atoms with Gasteiger partial charge in [-0.3, -0.25) is 4.98 Å². The van der Waals surface area contributed by atoms with Gasteiger partial charge >= 0.3 is 0 Å². The Bertz CT molecular complexity index is 1370. The van der Waals surface area contributed by atoms with Crippen LogP contribution in [0.2, 0.25) is 0 Å². The van der Waals surface area contributed by atoms with Gasteiger partial charge in [-0.05, 0) is 66.6 Å². The van der Waals surface area contributed by atoms with Crippen molar-refractivity contribution < 1.29 is 17.9 Å². The number of anilines is 1. The maximum atomic E-state index is 13.6. The van der Waals surface area contributed by atoms with E-state index < -0.39 is 21.9 Å². The van der Waals surface area contributed by atoms with Crippen LogP contribution in [-0.4, -0.2) is 49.1 Å². The Morgan fingerprint density at radius 3 is 2.59 bits per heavy atom. The van der Waals surface area contributed by atoms with Crippen molar-refractivity contribution in [3.63, 3.8) is 0 Å². The topological polar surface area (TPSA) is 73.7 Å². The second kappa shape index (κ2) is 8.84. The highest BCUT2D eigenvalue weighted by Crippen LogP contribution is 2.50. The largest absolute Gasteiger partial charge is 0.394 e. The minimum Gasteiger partial charge on any atom is -0.394 e. The van der Waals surface area contributed by atoms with Crippen LogP contribution in [0.1, 0.15) is 29.2 Å². The van der Waals surface area contributed by atoms with Gasteiger partial charge in [-0.2, -0.15) is 4.31 Å². The van der Waals surface area contributed by atoms with Gasteiger partial charge < -0.3 is 10.0 Å². The number of benzene rings is 2. The standard InChI is InChI=1S/C26H24FN3O3S/c1-29-24-11-6-18(4-5-19-3-2-13-28-16-19)15-23(24)26-22(25(29)17-31)12-14-30(26)34(32,33)21-9-7-20(27)8-10-21/h2-3,6-11,13,15-16,22,25-26,31H,12,14,17H2,1H3/t22-,25-,26-/m1/s1. The first-order chi connectivity index (χ1) is 16.4. The summed E-state index contributed by atoms with van der Waals surface area (Å²) < 4.78 is 42.1. The van der Waals surface area contributed by atoms with E-state index in [1.807, 2.05) is 42.3 Å². The van der Waals surface area contributed by atoms with Gasteiger partial charge in [-0.15, -0.1) is 0 Å². The Hall–Kier alpha value is -3.25. The molecule has 3 aromatic rings. The predicted octanol–water partition coefficient (Wildman–Crippen LogP) is 3.18. The molecular weight excluding hydrogens is 453 g/mol. The van der Waals surface area contributed by atoms with E-state index in [2.05, 4.69) is 16.8 Å². The molecule has 0 radical (unpaired) electrons. The predicted molar refractivity (Wildman–Crippen MR) is 127 cm³/mol. The minimum atomic E-state index is -3.86. The fourth-order valence-electron chi connectivity index (χ4n) is 5.08. The van der Waals surface area contributed by atoms with E-state index >= 15 is 0 Å². The van der Waals surface area contributed by atoms with Gasteiger partial charge in [0.05, 0.1) is 23.6 Å². The molecule has 1 N–H and O–H groups in total. The fraction of sp³-hybridized carbons (Fsp3) is 0.269. The van der Waals surface area contributed by atoms with Gasteiger partial charge in [0, 0.05) is 48.7 Å². The number of nitrogens with zero attached hydrogens (tertiary/aromatic N) is 3. The molecule has 8 heteroatoms. The summed E-state index contributed by atoms with van der Waals surface area (Å²) >= 11 is 0. The van der Waals surface area contributed by atoms with E-state index in [-0.39, 0.29) is 23.5 Å². The lowest BCUT2D eigenvalue weighted by Gasteiger charge is -2.44. The van der Waals surface area contributed by atoms with Crippen molar-refractivity contribution >= 4 is 15.7 Å². The monoisotopic (exact) mass is 477 g/mol. The second-order valence-corrected chi connectivity index (χ2v) is 10.5. The van der Waals surface area contributed by atoms with E-state index in [9.17, 15) is 17.9 Å². The van der Waals surface area contributed by atoms with Crippen LogP contribution in [0.4, 0.5) is 10.1 Å². The SMILES string of the molecule is CN1c2ccc(C#Cc3cccnc3)cc2[C@H]2[C@H](CCN2S(=O)(=O)c2ccc(F)cc2)[C@H]1CO. The Balaban J connectivity index is 1.59. The molecular formula is C26H24FN3O3S. The molecule has 0 amide bonds. The van der Waals surface area contributed by atoms with Crippen LogP contribution < -0.4 is 4.90 Å². The number of pyridine rings is 1. The highest BCUT2D eigenvalue weighted by atomic mass is 32.2. The zero-order valence-electron chi connectivity index (χ0n) is 18.6. The Morgan fingerprint density at radius 1 is 1.12 bits per heavy atom. The summed E-state index contributed by atoms with van der Waals surface area (Å²) in [5.41, 5.74) is 3.28. The Morgan fingerprint density at radius 2 is 1.88 bits per heavy atom. The third-order valence-corrected chi connectivity index (χ3v) is 8.63. The van der Waals surface area contributed by atoms with Crippen LogP contribution in [0, 0.1) is 23.6 Å². The number of aliphatic hydroxyl groups is 1.